The number of piperidine rings is 1. The summed E-state index contributed by atoms with van der Waals surface area (Å²) in [6.45, 7) is 1.97. The molecule has 0 bridgehead atoms. The second-order valence-corrected chi connectivity index (χ2v) is 4.33. The summed E-state index contributed by atoms with van der Waals surface area (Å²) in [6, 6.07) is 7.70. The van der Waals surface area contributed by atoms with Gasteiger partial charge in [0.25, 0.3) is 0 Å². The van der Waals surface area contributed by atoms with Gasteiger partial charge in [-0.15, -0.1) is 0 Å². The van der Waals surface area contributed by atoms with Crippen LogP contribution in [0.25, 0.3) is 0 Å². The first-order valence-electron chi connectivity index (χ1n) is 5.84. The standard InChI is InChI=1S/C13H19NO2/c1-16-12-6-2-4-10(8-12)13(15)11-5-3-7-14-9-11/h2,4,6,8,11,13-15H,3,5,7,9H2,1H3. The fourth-order valence-electron chi connectivity index (χ4n) is 2.25. The summed E-state index contributed by atoms with van der Waals surface area (Å²) in [7, 11) is 1.65. The highest BCUT2D eigenvalue weighted by Crippen LogP contribution is 2.28. The van der Waals surface area contributed by atoms with Crippen LogP contribution in [0.5, 0.6) is 5.75 Å². The summed E-state index contributed by atoms with van der Waals surface area (Å²) < 4.78 is 5.17. The van der Waals surface area contributed by atoms with Gasteiger partial charge in [0, 0.05) is 12.5 Å². The maximum atomic E-state index is 10.3. The normalized spacial score (nSPS) is 22.8. The topological polar surface area (TPSA) is 41.5 Å². The van der Waals surface area contributed by atoms with E-state index in [1.165, 1.54) is 0 Å². The van der Waals surface area contributed by atoms with Crippen molar-refractivity contribution in [3.05, 3.63) is 29.8 Å². The van der Waals surface area contributed by atoms with E-state index < -0.39 is 0 Å². The summed E-state index contributed by atoms with van der Waals surface area (Å²) in [4.78, 5) is 0. The zero-order valence-electron chi connectivity index (χ0n) is 9.65. The third-order valence-corrected chi connectivity index (χ3v) is 3.22. The van der Waals surface area contributed by atoms with Crippen LogP contribution in [0.15, 0.2) is 24.3 Å². The van der Waals surface area contributed by atoms with E-state index in [0.717, 1.165) is 37.2 Å². The molecule has 1 aliphatic rings. The zero-order chi connectivity index (χ0) is 11.4. The zero-order valence-corrected chi connectivity index (χ0v) is 9.65. The third-order valence-electron chi connectivity index (χ3n) is 3.22. The number of benzene rings is 1. The Bertz CT molecular complexity index is 334. The molecule has 3 heteroatoms. The lowest BCUT2D eigenvalue weighted by Crippen LogP contribution is -2.33. The molecule has 0 spiro atoms. The molecule has 1 saturated heterocycles. The van der Waals surface area contributed by atoms with Gasteiger partial charge in [0.2, 0.25) is 0 Å². The van der Waals surface area contributed by atoms with Crippen LogP contribution >= 0.6 is 0 Å². The maximum Gasteiger partial charge on any atom is 0.119 e. The van der Waals surface area contributed by atoms with E-state index in [-0.39, 0.29) is 6.10 Å². The van der Waals surface area contributed by atoms with Gasteiger partial charge in [-0.3, -0.25) is 0 Å². The Kier molecular flexibility index (Phi) is 3.80. The number of aliphatic hydroxyl groups excluding tert-OH is 1. The predicted octanol–water partition coefficient (Wildman–Crippen LogP) is 1.73. The fraction of sp³-hybridized carbons (Fsp3) is 0.538. The van der Waals surface area contributed by atoms with Gasteiger partial charge in [-0.05, 0) is 37.1 Å². The minimum Gasteiger partial charge on any atom is -0.497 e. The Morgan fingerprint density at radius 3 is 3.06 bits per heavy atom. The van der Waals surface area contributed by atoms with Crippen molar-refractivity contribution in [3.63, 3.8) is 0 Å². The SMILES string of the molecule is COc1cccc(C(O)C2CCCNC2)c1. The Labute approximate surface area is 96.4 Å². The predicted molar refractivity (Wildman–Crippen MR) is 63.5 cm³/mol. The summed E-state index contributed by atoms with van der Waals surface area (Å²) in [5.41, 5.74) is 0.952. The molecule has 1 aliphatic heterocycles. The van der Waals surface area contributed by atoms with Crippen molar-refractivity contribution in [1.82, 2.24) is 5.32 Å². The second-order valence-electron chi connectivity index (χ2n) is 4.33. The van der Waals surface area contributed by atoms with Gasteiger partial charge in [-0.1, -0.05) is 12.1 Å². The van der Waals surface area contributed by atoms with E-state index >= 15 is 0 Å². The van der Waals surface area contributed by atoms with Gasteiger partial charge >= 0.3 is 0 Å². The molecule has 0 aliphatic carbocycles. The fourth-order valence-corrected chi connectivity index (χ4v) is 2.25. The van der Waals surface area contributed by atoms with Gasteiger partial charge in [-0.25, -0.2) is 0 Å². The molecule has 1 aromatic rings. The number of rotatable bonds is 3. The maximum absolute atomic E-state index is 10.3. The molecule has 0 radical (unpaired) electrons. The molecule has 2 rings (SSSR count). The van der Waals surface area contributed by atoms with Crippen molar-refractivity contribution >= 4 is 0 Å². The first-order chi connectivity index (χ1) is 7.81. The molecular formula is C13H19NO2. The molecule has 2 N–H and O–H groups in total. The van der Waals surface area contributed by atoms with E-state index in [4.69, 9.17) is 4.74 Å². The largest absolute Gasteiger partial charge is 0.497 e. The van der Waals surface area contributed by atoms with Gasteiger partial charge in [0.15, 0.2) is 0 Å². The monoisotopic (exact) mass is 221 g/mol. The number of hydrogen-bond donors (Lipinski definition) is 2. The lowest BCUT2D eigenvalue weighted by Gasteiger charge is -2.27. The van der Waals surface area contributed by atoms with E-state index in [1.54, 1.807) is 7.11 Å². The Morgan fingerprint density at radius 1 is 1.50 bits per heavy atom. The highest BCUT2D eigenvalue weighted by molar-refractivity contribution is 5.30. The van der Waals surface area contributed by atoms with E-state index in [1.807, 2.05) is 24.3 Å². The summed E-state index contributed by atoms with van der Waals surface area (Å²) in [5, 5.41) is 13.6. The summed E-state index contributed by atoms with van der Waals surface area (Å²) in [5.74, 6) is 1.13. The molecule has 3 nitrogen and oxygen atoms in total. The molecule has 0 amide bonds. The van der Waals surface area contributed by atoms with Crippen LogP contribution in [0.4, 0.5) is 0 Å². The van der Waals surface area contributed by atoms with Crippen LogP contribution in [-0.4, -0.2) is 25.3 Å². The van der Waals surface area contributed by atoms with Gasteiger partial charge in [-0.2, -0.15) is 0 Å². The lowest BCUT2D eigenvalue weighted by molar-refractivity contribution is 0.0919. The molecule has 0 saturated carbocycles. The van der Waals surface area contributed by atoms with Crippen LogP contribution < -0.4 is 10.1 Å². The number of aliphatic hydroxyl groups is 1. The van der Waals surface area contributed by atoms with Gasteiger partial charge in [0.1, 0.15) is 5.75 Å². The first kappa shape index (κ1) is 11.4. The number of ether oxygens (including phenoxy) is 1. The Morgan fingerprint density at radius 2 is 2.38 bits per heavy atom. The van der Waals surface area contributed by atoms with Crippen LogP contribution in [0.2, 0.25) is 0 Å². The minimum atomic E-state index is -0.386. The molecule has 1 aromatic carbocycles. The quantitative estimate of drug-likeness (QED) is 0.816. The Hall–Kier alpha value is -1.06. The summed E-state index contributed by atoms with van der Waals surface area (Å²) in [6.07, 6.45) is 1.85. The van der Waals surface area contributed by atoms with E-state index in [0.29, 0.717) is 5.92 Å². The van der Waals surface area contributed by atoms with Crippen molar-refractivity contribution in [2.24, 2.45) is 5.92 Å². The number of hydrogen-bond acceptors (Lipinski definition) is 3. The molecule has 1 heterocycles. The number of nitrogens with one attached hydrogen (secondary N) is 1. The van der Waals surface area contributed by atoms with Crippen LogP contribution in [-0.2, 0) is 0 Å². The molecular weight excluding hydrogens is 202 g/mol. The van der Waals surface area contributed by atoms with Crippen molar-refractivity contribution < 1.29 is 9.84 Å². The molecule has 1 fully saturated rings. The third kappa shape index (κ3) is 2.54. The van der Waals surface area contributed by atoms with Crippen molar-refractivity contribution in [2.45, 2.75) is 18.9 Å². The minimum absolute atomic E-state index is 0.320. The van der Waals surface area contributed by atoms with E-state index in [2.05, 4.69) is 5.32 Å². The molecule has 0 aromatic heterocycles. The highest BCUT2D eigenvalue weighted by Gasteiger charge is 2.22. The second kappa shape index (κ2) is 5.32. The Balaban J connectivity index is 2.09. The first-order valence-corrected chi connectivity index (χ1v) is 5.84. The molecule has 88 valence electrons. The summed E-state index contributed by atoms with van der Waals surface area (Å²) >= 11 is 0. The van der Waals surface area contributed by atoms with Crippen molar-refractivity contribution in [2.75, 3.05) is 20.2 Å². The average molecular weight is 221 g/mol. The highest BCUT2D eigenvalue weighted by atomic mass is 16.5. The molecule has 16 heavy (non-hydrogen) atoms. The van der Waals surface area contributed by atoms with Crippen molar-refractivity contribution in [3.8, 4) is 5.75 Å². The molecule has 2 atom stereocenters. The van der Waals surface area contributed by atoms with Crippen LogP contribution in [0.1, 0.15) is 24.5 Å². The van der Waals surface area contributed by atoms with Crippen LogP contribution in [0.3, 0.4) is 0 Å². The van der Waals surface area contributed by atoms with Gasteiger partial charge in [0.05, 0.1) is 13.2 Å². The lowest BCUT2D eigenvalue weighted by atomic mass is 9.89. The smallest absolute Gasteiger partial charge is 0.119 e. The molecule has 2 unspecified atom stereocenters. The average Bonchev–Trinajstić information content (AvgIpc) is 2.39. The van der Waals surface area contributed by atoms with Crippen LogP contribution in [0, 0.1) is 5.92 Å². The van der Waals surface area contributed by atoms with E-state index in [9.17, 15) is 5.11 Å². The van der Waals surface area contributed by atoms with Crippen molar-refractivity contribution in [1.29, 1.82) is 0 Å². The number of methoxy groups -OCH3 is 1. The van der Waals surface area contributed by atoms with Gasteiger partial charge < -0.3 is 15.2 Å².